The summed E-state index contributed by atoms with van der Waals surface area (Å²) in [5.41, 5.74) is 1.60. The first-order chi connectivity index (χ1) is 15.4. The summed E-state index contributed by atoms with van der Waals surface area (Å²) in [5, 5.41) is 0. The third-order valence-corrected chi connectivity index (χ3v) is 7.39. The molecule has 4 atom stereocenters. The molecule has 2 aromatic rings. The lowest BCUT2D eigenvalue weighted by Crippen LogP contribution is -2.54. The first-order valence-electron chi connectivity index (χ1n) is 11.0. The number of hydrogen-bond acceptors (Lipinski definition) is 5. The van der Waals surface area contributed by atoms with E-state index in [0.717, 1.165) is 23.1 Å². The van der Waals surface area contributed by atoms with Crippen LogP contribution in [0.1, 0.15) is 31.4 Å². The summed E-state index contributed by atoms with van der Waals surface area (Å²) >= 11 is 0. The molecular formula is C25H25FN2O4. The van der Waals surface area contributed by atoms with E-state index < -0.39 is 23.3 Å². The summed E-state index contributed by atoms with van der Waals surface area (Å²) in [5.74, 6) is -2.56. The van der Waals surface area contributed by atoms with Crippen LogP contribution >= 0.6 is 0 Å². The number of fused-ring (bicyclic) bond motifs is 3. The van der Waals surface area contributed by atoms with Gasteiger partial charge in [-0.1, -0.05) is 36.4 Å². The first kappa shape index (κ1) is 20.8. The van der Waals surface area contributed by atoms with Crippen molar-refractivity contribution in [2.24, 2.45) is 11.8 Å². The predicted molar refractivity (Wildman–Crippen MR) is 115 cm³/mol. The van der Waals surface area contributed by atoms with Gasteiger partial charge in [0, 0.05) is 12.6 Å². The predicted octanol–water partition coefficient (Wildman–Crippen LogP) is 3.18. The second-order valence-corrected chi connectivity index (χ2v) is 8.71. The molecule has 3 heterocycles. The molecule has 2 amide bonds. The monoisotopic (exact) mass is 436 g/mol. The van der Waals surface area contributed by atoms with Gasteiger partial charge in [-0.05, 0) is 55.1 Å². The lowest BCUT2D eigenvalue weighted by Gasteiger charge is -2.36. The highest BCUT2D eigenvalue weighted by molar-refractivity contribution is 6.09. The maximum atomic E-state index is 13.3. The van der Waals surface area contributed by atoms with Crippen LogP contribution in [0, 0.1) is 17.7 Å². The van der Waals surface area contributed by atoms with E-state index in [0.29, 0.717) is 13.0 Å². The maximum absolute atomic E-state index is 13.3. The molecule has 3 aliphatic heterocycles. The number of likely N-dealkylation sites (tertiary alicyclic amines) is 1. The summed E-state index contributed by atoms with van der Waals surface area (Å²) in [4.78, 5) is 43.0. The van der Waals surface area contributed by atoms with Crippen LogP contribution in [0.15, 0.2) is 48.5 Å². The van der Waals surface area contributed by atoms with Gasteiger partial charge >= 0.3 is 5.97 Å². The van der Waals surface area contributed by atoms with Crippen LogP contribution in [0.5, 0.6) is 0 Å². The molecule has 0 N–H and O–H groups in total. The van der Waals surface area contributed by atoms with Crippen molar-refractivity contribution in [1.82, 2.24) is 9.80 Å². The Hall–Kier alpha value is -3.06. The fourth-order valence-corrected chi connectivity index (χ4v) is 6.09. The summed E-state index contributed by atoms with van der Waals surface area (Å²) < 4.78 is 18.5. The van der Waals surface area contributed by atoms with Crippen LogP contribution < -0.4 is 0 Å². The van der Waals surface area contributed by atoms with Crippen molar-refractivity contribution >= 4 is 17.8 Å². The molecule has 32 heavy (non-hydrogen) atoms. The van der Waals surface area contributed by atoms with E-state index in [9.17, 15) is 18.8 Å². The number of carbonyl (C=O) groups is 3. The van der Waals surface area contributed by atoms with Gasteiger partial charge in [-0.15, -0.1) is 0 Å². The lowest BCUT2D eigenvalue weighted by molar-refractivity contribution is -0.159. The molecule has 0 aromatic heterocycles. The van der Waals surface area contributed by atoms with Crippen LogP contribution in [0.4, 0.5) is 4.39 Å². The summed E-state index contributed by atoms with van der Waals surface area (Å²) in [6.07, 6.45) is 1.26. The topological polar surface area (TPSA) is 66.9 Å². The number of nitrogens with zero attached hydrogens (tertiary/aromatic N) is 2. The van der Waals surface area contributed by atoms with Gasteiger partial charge < -0.3 is 4.74 Å². The number of esters is 1. The van der Waals surface area contributed by atoms with Gasteiger partial charge in [-0.2, -0.15) is 0 Å². The molecule has 2 aromatic carbocycles. The standard InChI is InChI=1S/C25H25FN2O4/c1-3-27-22(29)19-20(23(27)30)25(24(31)32-2)13-4-14-28(25)21(19)17-7-5-15(6-8-17)16-9-11-18(26)12-10-16/h5-12,19-21H,3-4,13-14H2,1-2H3/t19-,20-,21+,25-/m0/s1. The normalized spacial score (nSPS) is 29.3. The molecule has 0 bridgehead atoms. The van der Waals surface area contributed by atoms with Crippen molar-refractivity contribution in [3.05, 3.63) is 59.9 Å². The molecule has 3 fully saturated rings. The first-order valence-corrected chi connectivity index (χ1v) is 11.0. The van der Waals surface area contributed by atoms with Gasteiger partial charge in [-0.25, -0.2) is 4.39 Å². The fraction of sp³-hybridized carbons (Fsp3) is 0.400. The molecule has 0 radical (unpaired) electrons. The Labute approximate surface area is 185 Å². The van der Waals surface area contributed by atoms with E-state index in [2.05, 4.69) is 0 Å². The van der Waals surface area contributed by atoms with Crippen LogP contribution in [0.25, 0.3) is 11.1 Å². The molecule has 0 spiro atoms. The second kappa shape index (κ2) is 7.52. The largest absolute Gasteiger partial charge is 0.468 e. The fourth-order valence-electron chi connectivity index (χ4n) is 6.09. The minimum absolute atomic E-state index is 0.215. The lowest BCUT2D eigenvalue weighted by atomic mass is 9.77. The van der Waals surface area contributed by atoms with E-state index in [-0.39, 0.29) is 30.2 Å². The Bertz CT molecular complexity index is 1080. The average Bonchev–Trinajstić information content (AvgIpc) is 3.42. The van der Waals surface area contributed by atoms with E-state index >= 15 is 0 Å². The van der Waals surface area contributed by atoms with Gasteiger partial charge in [-0.3, -0.25) is 24.2 Å². The molecule has 7 heteroatoms. The van der Waals surface area contributed by atoms with Crippen molar-refractivity contribution in [2.75, 3.05) is 20.2 Å². The zero-order chi connectivity index (χ0) is 22.6. The van der Waals surface area contributed by atoms with Crippen LogP contribution in [-0.2, 0) is 19.1 Å². The second-order valence-electron chi connectivity index (χ2n) is 8.71. The molecule has 3 aliphatic rings. The van der Waals surface area contributed by atoms with E-state index in [1.54, 1.807) is 19.1 Å². The van der Waals surface area contributed by atoms with Crippen molar-refractivity contribution in [3.63, 3.8) is 0 Å². The smallest absolute Gasteiger partial charge is 0.327 e. The average molecular weight is 436 g/mol. The Morgan fingerprint density at radius 3 is 2.28 bits per heavy atom. The van der Waals surface area contributed by atoms with Gasteiger partial charge in [0.05, 0.1) is 18.9 Å². The molecule has 0 unspecified atom stereocenters. The van der Waals surface area contributed by atoms with Gasteiger partial charge in [0.25, 0.3) is 0 Å². The molecule has 3 saturated heterocycles. The summed E-state index contributed by atoms with van der Waals surface area (Å²) in [6, 6.07) is 13.7. The highest BCUT2D eigenvalue weighted by atomic mass is 19.1. The summed E-state index contributed by atoms with van der Waals surface area (Å²) in [7, 11) is 1.34. The molecular weight excluding hydrogens is 411 g/mol. The van der Waals surface area contributed by atoms with Crippen molar-refractivity contribution in [3.8, 4) is 11.1 Å². The minimum atomic E-state index is -1.10. The summed E-state index contributed by atoms with van der Waals surface area (Å²) in [6.45, 7) is 2.69. The van der Waals surface area contributed by atoms with E-state index in [4.69, 9.17) is 4.74 Å². The maximum Gasteiger partial charge on any atom is 0.327 e. The number of imide groups is 1. The van der Waals surface area contributed by atoms with Crippen molar-refractivity contribution in [1.29, 1.82) is 0 Å². The zero-order valence-electron chi connectivity index (χ0n) is 18.1. The molecule has 5 rings (SSSR count). The Morgan fingerprint density at radius 1 is 1.06 bits per heavy atom. The molecule has 0 aliphatic carbocycles. The van der Waals surface area contributed by atoms with Crippen molar-refractivity contribution < 1.29 is 23.5 Å². The van der Waals surface area contributed by atoms with Gasteiger partial charge in [0.2, 0.25) is 11.8 Å². The third kappa shape index (κ3) is 2.70. The highest BCUT2D eigenvalue weighted by Gasteiger charge is 2.73. The zero-order valence-corrected chi connectivity index (χ0v) is 18.1. The molecule has 0 saturated carbocycles. The van der Waals surface area contributed by atoms with E-state index in [1.165, 1.54) is 24.1 Å². The number of halogens is 1. The SMILES string of the molecule is CCN1C(=O)[C@@H]2[C@@H](c3ccc(-c4ccc(F)cc4)cc3)N3CCC[C@@]3(C(=O)OC)[C@@H]2C1=O. The van der Waals surface area contributed by atoms with Crippen LogP contribution in [0.2, 0.25) is 0 Å². The third-order valence-electron chi connectivity index (χ3n) is 7.39. The number of benzene rings is 2. The number of methoxy groups -OCH3 is 1. The van der Waals surface area contributed by atoms with Crippen LogP contribution in [-0.4, -0.2) is 53.3 Å². The number of carbonyl (C=O) groups excluding carboxylic acids is 3. The minimum Gasteiger partial charge on any atom is -0.468 e. The Kier molecular flexibility index (Phi) is 4.89. The number of ether oxygens (including phenoxy) is 1. The Morgan fingerprint density at radius 2 is 1.69 bits per heavy atom. The van der Waals surface area contributed by atoms with Crippen LogP contribution in [0.3, 0.4) is 0 Å². The van der Waals surface area contributed by atoms with E-state index in [1.807, 2.05) is 29.2 Å². The number of hydrogen-bond donors (Lipinski definition) is 0. The van der Waals surface area contributed by atoms with Gasteiger partial charge in [0.1, 0.15) is 11.4 Å². The quantitative estimate of drug-likeness (QED) is 0.544. The number of amides is 2. The van der Waals surface area contributed by atoms with Crippen molar-refractivity contribution in [2.45, 2.75) is 31.3 Å². The molecule has 6 nitrogen and oxygen atoms in total. The van der Waals surface area contributed by atoms with Gasteiger partial charge in [0.15, 0.2) is 0 Å². The Balaban J connectivity index is 1.59. The molecule has 166 valence electrons. The highest BCUT2D eigenvalue weighted by Crippen LogP contribution is 2.59. The number of rotatable bonds is 4.